The average molecular weight is 396 g/mol. The number of thiophene rings is 1. The van der Waals surface area contributed by atoms with Crippen molar-refractivity contribution in [3.63, 3.8) is 0 Å². The van der Waals surface area contributed by atoms with Crippen molar-refractivity contribution in [2.75, 3.05) is 50.1 Å². The Morgan fingerprint density at radius 3 is 2.46 bits per heavy atom. The lowest BCUT2D eigenvalue weighted by Crippen LogP contribution is -2.49. The molecule has 1 fully saturated rings. The molecule has 1 amide bonds. The predicted octanol–water partition coefficient (Wildman–Crippen LogP) is 3.28. The maximum Gasteiger partial charge on any atom is 0.253 e. The topological polar surface area (TPSA) is 52.6 Å². The Morgan fingerprint density at radius 1 is 1.11 bits per heavy atom. The summed E-state index contributed by atoms with van der Waals surface area (Å²) in [6, 6.07) is 10.0. The number of piperazine rings is 1. The van der Waals surface area contributed by atoms with Gasteiger partial charge in [0.2, 0.25) is 0 Å². The van der Waals surface area contributed by atoms with Gasteiger partial charge in [0.15, 0.2) is 0 Å². The lowest BCUT2D eigenvalue weighted by molar-refractivity contribution is 0.0746. The van der Waals surface area contributed by atoms with E-state index in [1.807, 2.05) is 48.2 Å². The fraction of sp³-hybridized carbons (Fsp3) is 0.381. The van der Waals surface area contributed by atoms with Gasteiger partial charge in [-0.15, -0.1) is 11.3 Å². The third-order valence-electron chi connectivity index (χ3n) is 5.20. The zero-order valence-electron chi connectivity index (χ0n) is 16.6. The van der Waals surface area contributed by atoms with Crippen LogP contribution in [0.25, 0.3) is 10.2 Å². The number of nitrogens with zero attached hydrogens (tertiary/aromatic N) is 5. The molecule has 0 atom stereocenters. The number of anilines is 2. The molecule has 28 heavy (non-hydrogen) atoms. The van der Waals surface area contributed by atoms with Crippen molar-refractivity contribution in [2.24, 2.45) is 0 Å². The van der Waals surface area contributed by atoms with Crippen molar-refractivity contribution < 1.29 is 4.79 Å². The van der Waals surface area contributed by atoms with Gasteiger partial charge in [-0.05, 0) is 36.8 Å². The van der Waals surface area contributed by atoms with Gasteiger partial charge in [0.25, 0.3) is 5.91 Å². The molecule has 0 N–H and O–H groups in total. The molecule has 1 saturated heterocycles. The molecule has 4 rings (SSSR count). The van der Waals surface area contributed by atoms with Gasteiger partial charge in [0.05, 0.1) is 5.39 Å². The van der Waals surface area contributed by atoms with Crippen LogP contribution in [0.1, 0.15) is 22.2 Å². The first-order valence-corrected chi connectivity index (χ1v) is 10.4. The summed E-state index contributed by atoms with van der Waals surface area (Å²) < 4.78 is 0. The Balaban J connectivity index is 1.46. The lowest BCUT2D eigenvalue weighted by Gasteiger charge is -2.35. The summed E-state index contributed by atoms with van der Waals surface area (Å²) >= 11 is 1.74. The quantitative estimate of drug-likeness (QED) is 0.679. The largest absolute Gasteiger partial charge is 0.378 e. The van der Waals surface area contributed by atoms with Crippen LogP contribution < -0.4 is 9.80 Å². The molecule has 0 aliphatic carbocycles. The normalized spacial score (nSPS) is 14.5. The van der Waals surface area contributed by atoms with Crippen LogP contribution in [-0.4, -0.2) is 61.0 Å². The van der Waals surface area contributed by atoms with E-state index in [2.05, 4.69) is 27.9 Å². The lowest BCUT2D eigenvalue weighted by atomic mass is 10.1. The third kappa shape index (κ3) is 3.54. The van der Waals surface area contributed by atoms with E-state index >= 15 is 0 Å². The van der Waals surface area contributed by atoms with Crippen molar-refractivity contribution in [1.82, 2.24) is 14.9 Å². The average Bonchev–Trinajstić information content (AvgIpc) is 3.17. The summed E-state index contributed by atoms with van der Waals surface area (Å²) in [6.45, 7) is 5.12. The molecule has 1 aromatic carbocycles. The third-order valence-corrected chi connectivity index (χ3v) is 6.39. The van der Waals surface area contributed by atoms with Crippen molar-refractivity contribution in [3.8, 4) is 0 Å². The van der Waals surface area contributed by atoms with Gasteiger partial charge in [-0.1, -0.05) is 6.92 Å². The van der Waals surface area contributed by atoms with Gasteiger partial charge in [-0.2, -0.15) is 0 Å². The highest BCUT2D eigenvalue weighted by Gasteiger charge is 2.24. The summed E-state index contributed by atoms with van der Waals surface area (Å²) in [4.78, 5) is 30.4. The van der Waals surface area contributed by atoms with E-state index in [1.165, 1.54) is 4.88 Å². The Labute approximate surface area is 169 Å². The Kier molecular flexibility index (Phi) is 5.17. The molecular weight excluding hydrogens is 370 g/mol. The van der Waals surface area contributed by atoms with E-state index in [4.69, 9.17) is 0 Å². The highest BCUT2D eigenvalue weighted by Crippen LogP contribution is 2.31. The monoisotopic (exact) mass is 395 g/mol. The number of carbonyl (C=O) groups is 1. The van der Waals surface area contributed by atoms with E-state index in [-0.39, 0.29) is 5.91 Å². The van der Waals surface area contributed by atoms with Crippen molar-refractivity contribution in [3.05, 3.63) is 47.1 Å². The molecule has 3 heterocycles. The molecule has 2 aromatic heterocycles. The zero-order chi connectivity index (χ0) is 19.7. The van der Waals surface area contributed by atoms with Gasteiger partial charge in [-0.3, -0.25) is 4.79 Å². The molecule has 0 radical (unpaired) electrons. The molecule has 1 aliphatic rings. The molecule has 7 heteroatoms. The van der Waals surface area contributed by atoms with E-state index in [9.17, 15) is 4.79 Å². The van der Waals surface area contributed by atoms with Gasteiger partial charge in [0, 0.05) is 56.4 Å². The first-order valence-electron chi connectivity index (χ1n) is 9.62. The summed E-state index contributed by atoms with van der Waals surface area (Å²) in [6.07, 6.45) is 2.66. The van der Waals surface area contributed by atoms with Gasteiger partial charge in [-0.25, -0.2) is 9.97 Å². The Bertz CT molecular complexity index is 974. The second-order valence-corrected chi connectivity index (χ2v) is 8.32. The number of carbonyl (C=O) groups excluding carboxylic acids is 1. The van der Waals surface area contributed by atoms with Gasteiger partial charge >= 0.3 is 0 Å². The van der Waals surface area contributed by atoms with Crippen LogP contribution in [0.3, 0.4) is 0 Å². The number of aromatic nitrogens is 2. The molecule has 146 valence electrons. The molecule has 3 aromatic rings. The number of hydrogen-bond acceptors (Lipinski definition) is 6. The van der Waals surface area contributed by atoms with Crippen LogP contribution in [0.2, 0.25) is 0 Å². The first-order chi connectivity index (χ1) is 13.6. The van der Waals surface area contributed by atoms with Gasteiger partial charge < -0.3 is 14.7 Å². The van der Waals surface area contributed by atoms with Gasteiger partial charge in [0.1, 0.15) is 17.0 Å². The minimum Gasteiger partial charge on any atom is -0.378 e. The summed E-state index contributed by atoms with van der Waals surface area (Å²) in [5.41, 5.74) is 1.84. The first kappa shape index (κ1) is 18.7. The number of hydrogen-bond donors (Lipinski definition) is 0. The van der Waals surface area contributed by atoms with Crippen LogP contribution in [0.4, 0.5) is 11.5 Å². The standard InChI is InChI=1S/C21H25N5OS/c1-4-17-13-18-19(22-14-23-20(18)28-17)25-9-11-26(12-10-25)21(27)15-5-7-16(8-6-15)24(2)3/h5-8,13-14H,4,9-12H2,1-3H3. The summed E-state index contributed by atoms with van der Waals surface area (Å²) in [7, 11) is 3.99. The zero-order valence-corrected chi connectivity index (χ0v) is 17.4. The van der Waals surface area contributed by atoms with Crippen molar-refractivity contribution >= 4 is 39.0 Å². The number of fused-ring (bicyclic) bond motifs is 1. The van der Waals surface area contributed by atoms with Crippen molar-refractivity contribution in [1.29, 1.82) is 0 Å². The minimum absolute atomic E-state index is 0.0987. The van der Waals surface area contributed by atoms with Crippen LogP contribution in [-0.2, 0) is 6.42 Å². The molecule has 0 saturated carbocycles. The number of aryl methyl sites for hydroxylation is 1. The predicted molar refractivity (Wildman–Crippen MR) is 116 cm³/mol. The Hall–Kier alpha value is -2.67. The van der Waals surface area contributed by atoms with E-state index < -0.39 is 0 Å². The SMILES string of the molecule is CCc1cc2c(N3CCN(C(=O)c4ccc(N(C)C)cc4)CC3)ncnc2s1. The highest BCUT2D eigenvalue weighted by molar-refractivity contribution is 7.18. The maximum atomic E-state index is 12.8. The number of rotatable bonds is 4. The summed E-state index contributed by atoms with van der Waals surface area (Å²) in [5.74, 6) is 1.09. The summed E-state index contributed by atoms with van der Waals surface area (Å²) in [5, 5.41) is 1.13. The molecule has 0 unspecified atom stereocenters. The maximum absolute atomic E-state index is 12.8. The van der Waals surface area contributed by atoms with Crippen LogP contribution in [0, 0.1) is 0 Å². The Morgan fingerprint density at radius 2 is 1.82 bits per heavy atom. The fourth-order valence-corrected chi connectivity index (χ4v) is 4.45. The number of amides is 1. The highest BCUT2D eigenvalue weighted by atomic mass is 32.1. The van der Waals surface area contributed by atoms with Crippen LogP contribution in [0.5, 0.6) is 0 Å². The molecular formula is C21H25N5OS. The second kappa shape index (κ2) is 7.75. The molecule has 1 aliphatic heterocycles. The molecule has 0 spiro atoms. The van der Waals surface area contributed by atoms with E-state index in [0.29, 0.717) is 13.1 Å². The van der Waals surface area contributed by atoms with Crippen molar-refractivity contribution in [2.45, 2.75) is 13.3 Å². The molecule has 6 nitrogen and oxygen atoms in total. The van der Waals surface area contributed by atoms with Crippen LogP contribution in [0.15, 0.2) is 36.7 Å². The fourth-order valence-electron chi connectivity index (χ4n) is 3.53. The van der Waals surface area contributed by atoms with E-state index in [0.717, 1.165) is 46.8 Å². The van der Waals surface area contributed by atoms with E-state index in [1.54, 1.807) is 17.7 Å². The smallest absolute Gasteiger partial charge is 0.253 e. The second-order valence-electron chi connectivity index (χ2n) is 7.20. The van der Waals surface area contributed by atoms with Crippen LogP contribution >= 0.6 is 11.3 Å². The minimum atomic E-state index is 0.0987. The molecule has 0 bridgehead atoms. The number of benzene rings is 1.